The van der Waals surface area contributed by atoms with Crippen LogP contribution >= 0.6 is 11.6 Å². The molecular weight excluding hydrogens is 370 g/mol. The highest BCUT2D eigenvalue weighted by Gasteiger charge is 2.49. The van der Waals surface area contributed by atoms with Crippen molar-refractivity contribution < 1.29 is 4.79 Å². The van der Waals surface area contributed by atoms with E-state index in [1.54, 1.807) is 0 Å². The first-order valence-electron chi connectivity index (χ1n) is 10.3. The number of piperidine rings is 1. The van der Waals surface area contributed by atoms with Gasteiger partial charge >= 0.3 is 0 Å². The number of benzene rings is 1. The van der Waals surface area contributed by atoms with Gasteiger partial charge in [-0.25, -0.2) is 0 Å². The molecule has 1 aromatic carbocycles. The first-order valence-corrected chi connectivity index (χ1v) is 10.7. The van der Waals surface area contributed by atoms with Crippen molar-refractivity contribution in [3.63, 3.8) is 0 Å². The Hall–Kier alpha value is -2.07. The fourth-order valence-electron chi connectivity index (χ4n) is 4.24. The normalized spacial score (nSPS) is 18.7. The number of carbonyl (C=O) groups is 1. The van der Waals surface area contributed by atoms with Gasteiger partial charge in [0.1, 0.15) is 0 Å². The van der Waals surface area contributed by atoms with Crippen LogP contribution in [0.5, 0.6) is 0 Å². The molecule has 1 saturated heterocycles. The summed E-state index contributed by atoms with van der Waals surface area (Å²) in [4.78, 5) is 19.3. The number of nitrogens with one attached hydrogen (secondary N) is 1. The van der Waals surface area contributed by atoms with Crippen molar-refractivity contribution in [2.45, 2.75) is 38.5 Å². The summed E-state index contributed by atoms with van der Waals surface area (Å²) >= 11 is 5.96. The number of nitrogens with zero attached hydrogens (tertiary/aromatic N) is 2. The Morgan fingerprint density at radius 3 is 2.43 bits per heavy atom. The fourth-order valence-corrected chi connectivity index (χ4v) is 4.37. The highest BCUT2D eigenvalue weighted by atomic mass is 35.5. The van der Waals surface area contributed by atoms with Gasteiger partial charge in [-0.15, -0.1) is 0 Å². The maximum atomic E-state index is 12.7. The second kappa shape index (κ2) is 8.52. The lowest BCUT2D eigenvalue weighted by Crippen LogP contribution is -2.37. The zero-order valence-corrected chi connectivity index (χ0v) is 17.0. The minimum absolute atomic E-state index is 0.182. The van der Waals surface area contributed by atoms with Crippen LogP contribution in [-0.2, 0) is 11.2 Å². The van der Waals surface area contributed by atoms with Crippen molar-refractivity contribution in [3.8, 4) is 0 Å². The summed E-state index contributed by atoms with van der Waals surface area (Å²) in [5.74, 6) is 0.932. The lowest BCUT2D eigenvalue weighted by atomic mass is 9.92. The van der Waals surface area contributed by atoms with E-state index < -0.39 is 0 Å². The topological polar surface area (TPSA) is 45.2 Å². The van der Waals surface area contributed by atoms with Crippen LogP contribution in [-0.4, -0.2) is 30.5 Å². The van der Waals surface area contributed by atoms with E-state index in [0.717, 1.165) is 50.3 Å². The maximum Gasteiger partial charge on any atom is 0.226 e. The summed E-state index contributed by atoms with van der Waals surface area (Å²) in [6.45, 7) is 2.97. The maximum absolute atomic E-state index is 12.7. The van der Waals surface area contributed by atoms with E-state index in [9.17, 15) is 4.79 Å². The molecule has 1 amide bonds. The molecular formula is C23H28ClN3O. The van der Waals surface area contributed by atoms with Crippen LogP contribution in [0.25, 0.3) is 0 Å². The largest absolute Gasteiger partial charge is 0.371 e. The molecule has 5 heteroatoms. The number of rotatable bonds is 7. The van der Waals surface area contributed by atoms with E-state index in [2.05, 4.69) is 27.3 Å². The standard InChI is InChI=1S/C23H28ClN3O/c24-20-3-1-19(2-4-20)17-23(10-11-23)22(28)26-14-5-18-8-15-27(16-9-18)21-6-12-25-13-7-21/h1-4,6-7,12-13,18H,5,8-11,14-17H2,(H,26,28). The molecule has 4 rings (SSSR count). The number of aromatic nitrogens is 1. The average Bonchev–Trinajstić information content (AvgIpc) is 3.52. The number of carbonyl (C=O) groups excluding carboxylic acids is 1. The molecule has 1 aromatic heterocycles. The lowest BCUT2D eigenvalue weighted by molar-refractivity contribution is -0.126. The van der Waals surface area contributed by atoms with E-state index >= 15 is 0 Å². The van der Waals surface area contributed by atoms with Crippen molar-refractivity contribution in [1.82, 2.24) is 10.3 Å². The summed E-state index contributed by atoms with van der Waals surface area (Å²) in [7, 11) is 0. The SMILES string of the molecule is O=C(NCCC1CCN(c2ccncc2)CC1)C1(Cc2ccc(Cl)cc2)CC1. The van der Waals surface area contributed by atoms with E-state index in [0.29, 0.717) is 5.92 Å². The van der Waals surface area contributed by atoms with E-state index in [4.69, 9.17) is 11.6 Å². The third kappa shape index (κ3) is 4.67. The number of pyridine rings is 1. The van der Waals surface area contributed by atoms with E-state index in [1.807, 2.05) is 36.7 Å². The Bertz CT molecular complexity index is 781. The molecule has 0 radical (unpaired) electrons. The van der Waals surface area contributed by atoms with Crippen LogP contribution in [0, 0.1) is 11.3 Å². The summed E-state index contributed by atoms with van der Waals surface area (Å²) < 4.78 is 0. The predicted molar refractivity (Wildman–Crippen MR) is 114 cm³/mol. The van der Waals surface area contributed by atoms with Crippen LogP contribution in [0.15, 0.2) is 48.8 Å². The Labute approximate surface area is 172 Å². The van der Waals surface area contributed by atoms with Crippen LogP contribution in [0.4, 0.5) is 5.69 Å². The van der Waals surface area contributed by atoms with Gasteiger partial charge in [0.15, 0.2) is 0 Å². The van der Waals surface area contributed by atoms with Crippen LogP contribution in [0.3, 0.4) is 0 Å². The molecule has 1 N–H and O–H groups in total. The molecule has 148 valence electrons. The summed E-state index contributed by atoms with van der Waals surface area (Å²) in [6.07, 6.45) is 9.97. The summed E-state index contributed by atoms with van der Waals surface area (Å²) in [5.41, 5.74) is 2.28. The van der Waals surface area contributed by atoms with Crippen molar-refractivity contribution in [2.75, 3.05) is 24.5 Å². The molecule has 0 unspecified atom stereocenters. The quantitative estimate of drug-likeness (QED) is 0.749. The minimum Gasteiger partial charge on any atom is -0.371 e. The third-order valence-corrected chi connectivity index (χ3v) is 6.52. The second-order valence-electron chi connectivity index (χ2n) is 8.26. The predicted octanol–water partition coefficient (Wildman–Crippen LogP) is 4.48. The van der Waals surface area contributed by atoms with Gasteiger partial charge in [0.25, 0.3) is 0 Å². The monoisotopic (exact) mass is 397 g/mol. The summed E-state index contributed by atoms with van der Waals surface area (Å²) in [5, 5.41) is 3.96. The molecule has 2 heterocycles. The van der Waals surface area contributed by atoms with Crippen molar-refractivity contribution in [1.29, 1.82) is 0 Å². The molecule has 2 fully saturated rings. The van der Waals surface area contributed by atoms with Crippen molar-refractivity contribution >= 4 is 23.2 Å². The van der Waals surface area contributed by atoms with Gasteiger partial charge in [-0.05, 0) is 74.3 Å². The molecule has 4 nitrogen and oxygen atoms in total. The molecule has 2 aromatic rings. The smallest absolute Gasteiger partial charge is 0.226 e. The number of amides is 1. The van der Waals surface area contributed by atoms with Crippen molar-refractivity contribution in [3.05, 3.63) is 59.4 Å². The number of halogens is 1. The average molecular weight is 398 g/mol. The zero-order chi connectivity index (χ0) is 19.4. The van der Waals surface area contributed by atoms with Crippen LogP contribution < -0.4 is 10.2 Å². The lowest BCUT2D eigenvalue weighted by Gasteiger charge is -2.33. The number of anilines is 1. The fraction of sp³-hybridized carbons (Fsp3) is 0.478. The molecule has 0 spiro atoms. The Morgan fingerprint density at radius 1 is 1.11 bits per heavy atom. The van der Waals surface area contributed by atoms with Gasteiger partial charge in [-0.3, -0.25) is 9.78 Å². The van der Waals surface area contributed by atoms with E-state index in [1.165, 1.54) is 24.1 Å². The van der Waals surface area contributed by atoms with Gasteiger partial charge in [0, 0.05) is 42.7 Å². The molecule has 0 atom stereocenters. The van der Waals surface area contributed by atoms with Gasteiger partial charge in [0.2, 0.25) is 5.91 Å². The molecule has 1 aliphatic heterocycles. The summed E-state index contributed by atoms with van der Waals surface area (Å²) in [6, 6.07) is 12.0. The van der Waals surface area contributed by atoms with Gasteiger partial charge < -0.3 is 10.2 Å². The highest BCUT2D eigenvalue weighted by Crippen LogP contribution is 2.48. The minimum atomic E-state index is -0.182. The second-order valence-corrected chi connectivity index (χ2v) is 8.70. The molecule has 28 heavy (non-hydrogen) atoms. The van der Waals surface area contributed by atoms with Gasteiger partial charge in [-0.1, -0.05) is 23.7 Å². The first-order chi connectivity index (χ1) is 13.6. The zero-order valence-electron chi connectivity index (χ0n) is 16.2. The Morgan fingerprint density at radius 2 is 1.79 bits per heavy atom. The van der Waals surface area contributed by atoms with Crippen LogP contribution in [0.2, 0.25) is 5.02 Å². The Balaban J connectivity index is 1.19. The first kappa shape index (κ1) is 19.3. The van der Waals surface area contributed by atoms with Gasteiger partial charge in [-0.2, -0.15) is 0 Å². The molecule has 1 saturated carbocycles. The number of hydrogen-bond acceptors (Lipinski definition) is 3. The molecule has 0 bridgehead atoms. The van der Waals surface area contributed by atoms with E-state index in [-0.39, 0.29) is 11.3 Å². The third-order valence-electron chi connectivity index (χ3n) is 6.27. The van der Waals surface area contributed by atoms with Crippen LogP contribution in [0.1, 0.15) is 37.7 Å². The van der Waals surface area contributed by atoms with Gasteiger partial charge in [0.05, 0.1) is 5.41 Å². The number of hydrogen-bond donors (Lipinski definition) is 1. The molecule has 2 aliphatic rings. The molecule has 1 aliphatic carbocycles. The Kier molecular flexibility index (Phi) is 5.86. The van der Waals surface area contributed by atoms with Crippen molar-refractivity contribution in [2.24, 2.45) is 11.3 Å². The highest BCUT2D eigenvalue weighted by molar-refractivity contribution is 6.30.